The maximum Gasteiger partial charge on any atom is 0.338 e. The summed E-state index contributed by atoms with van der Waals surface area (Å²) in [5.74, 6) is 3.50. The summed E-state index contributed by atoms with van der Waals surface area (Å²) < 4.78 is 25.0. The molecule has 1 atom stereocenters. The van der Waals surface area contributed by atoms with Gasteiger partial charge in [-0.1, -0.05) is 59.7 Å². The van der Waals surface area contributed by atoms with Crippen LogP contribution in [0.3, 0.4) is 0 Å². The number of carbonyl (C=O) groups excluding carboxylic acids is 1. The fraction of sp³-hybridized carbons (Fsp3) is 0.206. The summed E-state index contributed by atoms with van der Waals surface area (Å²) in [5.41, 5.74) is 2.57. The quantitative estimate of drug-likeness (QED) is 0.172. The molecule has 0 amide bonds. The van der Waals surface area contributed by atoms with E-state index < -0.39 is 12.0 Å². The molecule has 10 heteroatoms. The van der Waals surface area contributed by atoms with E-state index in [0.717, 1.165) is 5.56 Å². The van der Waals surface area contributed by atoms with E-state index in [0.29, 0.717) is 54.5 Å². The molecular weight excluding hydrogens is 644 g/mol. The highest BCUT2D eigenvalue weighted by atomic mass is 79.9. The Hall–Kier alpha value is -4.59. The van der Waals surface area contributed by atoms with E-state index in [1.54, 1.807) is 23.6 Å². The normalized spacial score (nSPS) is 14.3. The Bertz CT molecular complexity index is 1940. The summed E-state index contributed by atoms with van der Waals surface area (Å²) in [6.07, 6.45) is 7.12. The summed E-state index contributed by atoms with van der Waals surface area (Å²) in [6.45, 7) is 4.41. The van der Waals surface area contributed by atoms with E-state index in [4.69, 9.17) is 30.4 Å². The van der Waals surface area contributed by atoms with Crippen molar-refractivity contribution in [2.75, 3.05) is 26.9 Å². The van der Waals surface area contributed by atoms with E-state index in [1.165, 1.54) is 18.4 Å². The average Bonchev–Trinajstić information content (AvgIpc) is 3.34. The predicted molar refractivity (Wildman–Crippen MR) is 174 cm³/mol. The predicted octanol–water partition coefficient (Wildman–Crippen LogP) is 5.12. The third-order valence-electron chi connectivity index (χ3n) is 6.73. The van der Waals surface area contributed by atoms with Crippen molar-refractivity contribution in [1.82, 2.24) is 4.57 Å². The Kier molecular flexibility index (Phi) is 9.68. The highest BCUT2D eigenvalue weighted by molar-refractivity contribution is 9.10. The fourth-order valence-electron chi connectivity index (χ4n) is 4.90. The molecule has 0 aliphatic carbocycles. The molecule has 5 rings (SSSR count). The molecule has 8 nitrogen and oxygen atoms in total. The first kappa shape index (κ1) is 30.9. The van der Waals surface area contributed by atoms with Crippen molar-refractivity contribution in [3.63, 3.8) is 0 Å². The number of thiazole rings is 1. The van der Waals surface area contributed by atoms with Crippen LogP contribution in [0.5, 0.6) is 17.2 Å². The fourth-order valence-corrected chi connectivity index (χ4v) is 6.47. The van der Waals surface area contributed by atoms with Crippen LogP contribution in [0.15, 0.2) is 86.6 Å². The topological polar surface area (TPSA) is 88.4 Å². The van der Waals surface area contributed by atoms with Crippen LogP contribution in [0.4, 0.5) is 0 Å². The molecule has 0 saturated carbocycles. The van der Waals surface area contributed by atoms with Crippen LogP contribution >= 0.6 is 27.3 Å². The molecule has 0 spiro atoms. The first-order valence-electron chi connectivity index (χ1n) is 13.8. The molecule has 1 aromatic heterocycles. The Balaban J connectivity index is 1.76. The van der Waals surface area contributed by atoms with Gasteiger partial charge < -0.3 is 18.9 Å². The maximum absolute atomic E-state index is 14.2. The van der Waals surface area contributed by atoms with Gasteiger partial charge in [-0.2, -0.15) is 0 Å². The zero-order chi connectivity index (χ0) is 31.2. The van der Waals surface area contributed by atoms with E-state index in [9.17, 15) is 9.59 Å². The van der Waals surface area contributed by atoms with Crippen LogP contribution in [-0.4, -0.2) is 37.5 Å². The SMILES string of the molecule is C#CCOc1c(Br)cc(/C=c2\sc3n(c2=O)[C@@H](c2ccc(OCC)cc2)C(C(=O)OCC)=C(c2ccccc2)N=3)cc1OC. The van der Waals surface area contributed by atoms with Crippen LogP contribution in [0.2, 0.25) is 0 Å². The van der Waals surface area contributed by atoms with Gasteiger partial charge in [-0.25, -0.2) is 9.79 Å². The summed E-state index contributed by atoms with van der Waals surface area (Å²) >= 11 is 4.76. The van der Waals surface area contributed by atoms with Crippen molar-refractivity contribution in [3.05, 3.63) is 113 Å². The third kappa shape index (κ3) is 6.20. The molecular formula is C34H29BrN2O6S. The number of esters is 1. The minimum absolute atomic E-state index is 0.0744. The number of aromatic nitrogens is 1. The lowest BCUT2D eigenvalue weighted by Crippen LogP contribution is -2.40. The number of hydrogen-bond acceptors (Lipinski definition) is 8. The number of rotatable bonds is 10. The van der Waals surface area contributed by atoms with E-state index in [-0.39, 0.29) is 24.3 Å². The zero-order valence-electron chi connectivity index (χ0n) is 24.3. The standard InChI is InChI=1S/C34H29BrN2O6S/c1-5-17-43-31-25(35)18-21(19-26(31)40-4)20-27-32(38)37-30(23-13-15-24(16-14-23)41-6-2)28(33(39)42-7-3)29(36-34(37)44-27)22-11-9-8-10-12-22/h1,8-16,18-20,30H,6-7,17H2,2-4H3/b27-20-/t30-/m0/s1. The van der Waals surface area contributed by atoms with Gasteiger partial charge in [0, 0.05) is 5.56 Å². The van der Waals surface area contributed by atoms with Crippen LogP contribution in [0.1, 0.15) is 36.6 Å². The summed E-state index contributed by atoms with van der Waals surface area (Å²) in [4.78, 5) is 33.2. The molecule has 0 bridgehead atoms. The van der Waals surface area contributed by atoms with Crippen molar-refractivity contribution >= 4 is 45.0 Å². The lowest BCUT2D eigenvalue weighted by molar-refractivity contribution is -0.138. The second kappa shape index (κ2) is 13.8. The Morgan fingerprint density at radius 3 is 2.50 bits per heavy atom. The number of terminal acetylenes is 1. The first-order chi connectivity index (χ1) is 21.4. The van der Waals surface area contributed by atoms with Crippen LogP contribution < -0.4 is 29.1 Å². The third-order valence-corrected chi connectivity index (χ3v) is 8.30. The summed E-state index contributed by atoms with van der Waals surface area (Å²) in [5, 5.41) is 0. The van der Waals surface area contributed by atoms with Gasteiger partial charge in [0.05, 0.1) is 46.6 Å². The molecule has 3 aromatic carbocycles. The van der Waals surface area contributed by atoms with Gasteiger partial charge in [0.15, 0.2) is 16.3 Å². The highest BCUT2D eigenvalue weighted by Gasteiger charge is 2.35. The summed E-state index contributed by atoms with van der Waals surface area (Å²) in [7, 11) is 1.53. The smallest absolute Gasteiger partial charge is 0.338 e. The Morgan fingerprint density at radius 1 is 1.09 bits per heavy atom. The van der Waals surface area contributed by atoms with Gasteiger partial charge in [0.1, 0.15) is 12.4 Å². The first-order valence-corrected chi connectivity index (χ1v) is 15.5. The second-order valence-electron chi connectivity index (χ2n) is 9.46. The van der Waals surface area contributed by atoms with E-state index in [1.807, 2.05) is 67.6 Å². The minimum atomic E-state index is -0.792. The lowest BCUT2D eigenvalue weighted by atomic mass is 9.93. The molecule has 1 aliphatic rings. The minimum Gasteiger partial charge on any atom is -0.494 e. The number of nitrogens with zero attached hydrogens (tertiary/aromatic N) is 2. The number of halogens is 1. The molecule has 0 saturated heterocycles. The van der Waals surface area contributed by atoms with Gasteiger partial charge in [-0.05, 0) is 71.2 Å². The lowest BCUT2D eigenvalue weighted by Gasteiger charge is -2.26. The monoisotopic (exact) mass is 672 g/mol. The maximum atomic E-state index is 14.2. The van der Waals surface area contributed by atoms with Crippen molar-refractivity contribution in [2.24, 2.45) is 4.99 Å². The Morgan fingerprint density at radius 2 is 1.84 bits per heavy atom. The van der Waals surface area contributed by atoms with Crippen molar-refractivity contribution < 1.29 is 23.7 Å². The van der Waals surface area contributed by atoms with E-state index in [2.05, 4.69) is 21.9 Å². The molecule has 0 fully saturated rings. The van der Waals surface area contributed by atoms with Gasteiger partial charge in [-0.3, -0.25) is 9.36 Å². The molecule has 2 heterocycles. The molecule has 1 aliphatic heterocycles. The number of methoxy groups -OCH3 is 1. The van der Waals surface area contributed by atoms with Gasteiger partial charge in [-0.15, -0.1) is 6.42 Å². The molecule has 4 aromatic rings. The number of ether oxygens (including phenoxy) is 4. The molecule has 0 radical (unpaired) electrons. The Labute approximate surface area is 267 Å². The second-order valence-corrected chi connectivity index (χ2v) is 11.3. The molecule has 0 N–H and O–H groups in total. The largest absolute Gasteiger partial charge is 0.494 e. The zero-order valence-corrected chi connectivity index (χ0v) is 26.7. The van der Waals surface area contributed by atoms with Gasteiger partial charge in [0.2, 0.25) is 0 Å². The molecule has 224 valence electrons. The number of hydrogen-bond donors (Lipinski definition) is 0. The highest BCUT2D eigenvalue weighted by Crippen LogP contribution is 2.38. The van der Waals surface area contributed by atoms with Crippen molar-refractivity contribution in [3.8, 4) is 29.6 Å². The summed E-state index contributed by atoms with van der Waals surface area (Å²) in [6, 6.07) is 19.6. The van der Waals surface area contributed by atoms with Crippen molar-refractivity contribution in [2.45, 2.75) is 19.9 Å². The van der Waals surface area contributed by atoms with E-state index >= 15 is 0 Å². The number of benzene rings is 3. The molecule has 0 unspecified atom stereocenters. The van der Waals surface area contributed by atoms with Gasteiger partial charge in [0.25, 0.3) is 5.56 Å². The van der Waals surface area contributed by atoms with Crippen LogP contribution in [0.25, 0.3) is 11.8 Å². The van der Waals surface area contributed by atoms with Gasteiger partial charge >= 0.3 is 5.97 Å². The number of fused-ring (bicyclic) bond motifs is 1. The van der Waals surface area contributed by atoms with Crippen LogP contribution in [-0.2, 0) is 9.53 Å². The van der Waals surface area contributed by atoms with Crippen LogP contribution in [0, 0.1) is 12.3 Å². The van der Waals surface area contributed by atoms with Crippen molar-refractivity contribution in [1.29, 1.82) is 0 Å². The molecule has 44 heavy (non-hydrogen) atoms. The number of carbonyl (C=O) groups is 1. The average molecular weight is 674 g/mol.